The topological polar surface area (TPSA) is 130 Å². The van der Waals surface area contributed by atoms with Crippen molar-refractivity contribution in [1.82, 2.24) is 14.5 Å². The zero-order valence-corrected chi connectivity index (χ0v) is 25.0. The lowest BCUT2D eigenvalue weighted by Crippen LogP contribution is -2.36. The largest absolute Gasteiger partial charge is 0.493 e. The van der Waals surface area contributed by atoms with Crippen LogP contribution in [0.4, 0.5) is 22.9 Å². The molecule has 1 atom stereocenters. The minimum Gasteiger partial charge on any atom is -0.493 e. The molecule has 0 unspecified atom stereocenters. The van der Waals surface area contributed by atoms with Gasteiger partial charge in [0, 0.05) is 63.0 Å². The molecule has 2 saturated heterocycles. The van der Waals surface area contributed by atoms with Gasteiger partial charge in [0.25, 0.3) is 11.8 Å². The Bertz CT molecular complexity index is 1580. The maximum absolute atomic E-state index is 13.0. The Hall–Kier alpha value is -4.71. The van der Waals surface area contributed by atoms with E-state index in [-0.39, 0.29) is 36.0 Å². The highest BCUT2D eigenvalue weighted by molar-refractivity contribution is 6.03. The molecule has 2 fully saturated rings. The lowest BCUT2D eigenvalue weighted by molar-refractivity contribution is -0.116. The summed E-state index contributed by atoms with van der Waals surface area (Å²) >= 11 is 0. The van der Waals surface area contributed by atoms with Crippen LogP contribution in [0.5, 0.6) is 5.75 Å². The van der Waals surface area contributed by atoms with Gasteiger partial charge in [0.2, 0.25) is 11.7 Å². The smallest absolute Gasteiger partial charge is 0.291 e. The molecule has 0 bridgehead atoms. The van der Waals surface area contributed by atoms with Crippen molar-refractivity contribution in [3.05, 3.63) is 59.5 Å². The molecule has 0 spiro atoms. The van der Waals surface area contributed by atoms with Gasteiger partial charge in [-0.2, -0.15) is 0 Å². The zero-order valence-electron chi connectivity index (χ0n) is 25.0. The van der Waals surface area contributed by atoms with Crippen LogP contribution < -0.4 is 20.3 Å². The van der Waals surface area contributed by atoms with E-state index >= 15 is 0 Å². The van der Waals surface area contributed by atoms with Crippen molar-refractivity contribution in [2.45, 2.75) is 38.6 Å². The normalized spacial score (nSPS) is 17.6. The molecule has 0 saturated carbocycles. The van der Waals surface area contributed by atoms with Crippen molar-refractivity contribution in [3.63, 3.8) is 0 Å². The molecule has 44 heavy (non-hydrogen) atoms. The Morgan fingerprint density at radius 1 is 1.09 bits per heavy atom. The highest BCUT2D eigenvalue weighted by atomic mass is 16.5. The van der Waals surface area contributed by atoms with E-state index in [0.717, 1.165) is 43.7 Å². The second-order valence-electron chi connectivity index (χ2n) is 11.3. The van der Waals surface area contributed by atoms with Gasteiger partial charge in [-0.3, -0.25) is 19.4 Å². The number of morpholine rings is 1. The minimum atomic E-state index is -0.372. The van der Waals surface area contributed by atoms with Crippen molar-refractivity contribution in [2.75, 3.05) is 55.0 Å². The monoisotopic (exact) mass is 599 g/mol. The number of fused-ring (bicyclic) bond motifs is 2. The fourth-order valence-electron chi connectivity index (χ4n) is 5.75. The van der Waals surface area contributed by atoms with Crippen LogP contribution in [0.2, 0.25) is 0 Å². The molecule has 230 valence electrons. The summed E-state index contributed by atoms with van der Waals surface area (Å²) in [5.41, 5.74) is 3.80. The number of ether oxygens (including phenoxy) is 2. The first-order valence-corrected chi connectivity index (χ1v) is 15.1. The van der Waals surface area contributed by atoms with Gasteiger partial charge in [0.15, 0.2) is 5.82 Å². The van der Waals surface area contributed by atoms with E-state index in [1.54, 1.807) is 23.9 Å². The number of hydrogen-bond acceptors (Lipinski definition) is 8. The van der Waals surface area contributed by atoms with E-state index in [1.165, 1.54) is 0 Å². The van der Waals surface area contributed by atoms with E-state index in [9.17, 15) is 14.4 Å². The van der Waals surface area contributed by atoms with E-state index in [0.29, 0.717) is 54.7 Å². The number of aliphatic imine (C=N–C) groups is 1. The molecule has 4 heterocycles. The molecule has 3 aromatic rings. The van der Waals surface area contributed by atoms with Crippen molar-refractivity contribution < 1.29 is 23.9 Å². The van der Waals surface area contributed by atoms with Gasteiger partial charge in [-0.25, -0.2) is 4.98 Å². The molecule has 12 heteroatoms. The summed E-state index contributed by atoms with van der Waals surface area (Å²) in [5, 5.41) is 5.63. The predicted octanol–water partition coefficient (Wildman–Crippen LogP) is 3.94. The van der Waals surface area contributed by atoms with Gasteiger partial charge < -0.3 is 34.5 Å². The first-order valence-electron chi connectivity index (χ1n) is 15.1. The number of anilines is 3. The fourth-order valence-corrected chi connectivity index (χ4v) is 5.75. The molecule has 2 N–H and O–H groups in total. The number of hydrogen-bond donors (Lipinski definition) is 2. The van der Waals surface area contributed by atoms with Gasteiger partial charge >= 0.3 is 0 Å². The molecular weight excluding hydrogens is 562 g/mol. The Morgan fingerprint density at radius 2 is 1.89 bits per heavy atom. The Balaban J connectivity index is 0.979. The molecule has 0 radical (unpaired) electrons. The van der Waals surface area contributed by atoms with Gasteiger partial charge in [0.1, 0.15) is 5.75 Å². The van der Waals surface area contributed by atoms with E-state index in [2.05, 4.69) is 25.5 Å². The SMILES string of the molecule is Cc1cc2c(cc1OCCCC(=O)Nc1cn(C)c(C(=O)Nc3ccc(N4CCOCC4)cc3)n1)N=C[C@@H]1CCCN1C2=O. The third-order valence-corrected chi connectivity index (χ3v) is 8.12. The molecule has 3 amide bonds. The van der Waals surface area contributed by atoms with E-state index < -0.39 is 0 Å². The Labute approximate surface area is 256 Å². The second-order valence-corrected chi connectivity index (χ2v) is 11.3. The highest BCUT2D eigenvalue weighted by Gasteiger charge is 2.32. The molecule has 2 aromatic carbocycles. The maximum atomic E-state index is 13.0. The summed E-state index contributed by atoms with van der Waals surface area (Å²) in [6.07, 6.45) is 6.08. The lowest BCUT2D eigenvalue weighted by Gasteiger charge is -2.28. The molecule has 3 aliphatic heterocycles. The molecule has 0 aliphatic carbocycles. The molecule has 6 rings (SSSR count). The summed E-state index contributed by atoms with van der Waals surface area (Å²) in [6.45, 7) is 6.07. The number of benzene rings is 2. The number of carbonyl (C=O) groups excluding carboxylic acids is 3. The van der Waals surface area contributed by atoms with Gasteiger partial charge in [-0.05, 0) is 62.1 Å². The summed E-state index contributed by atoms with van der Waals surface area (Å²) in [4.78, 5) is 51.5. The van der Waals surface area contributed by atoms with Crippen molar-refractivity contribution in [1.29, 1.82) is 0 Å². The lowest BCUT2D eigenvalue weighted by atomic mass is 10.1. The minimum absolute atomic E-state index is 0.0135. The molecule has 1 aromatic heterocycles. The highest BCUT2D eigenvalue weighted by Crippen LogP contribution is 2.34. The van der Waals surface area contributed by atoms with Crippen LogP contribution in [0.1, 0.15) is 52.2 Å². The number of aryl methyl sites for hydroxylation is 2. The number of rotatable bonds is 9. The summed E-state index contributed by atoms with van der Waals surface area (Å²) in [7, 11) is 1.71. The zero-order chi connectivity index (χ0) is 30.6. The number of nitrogens with one attached hydrogen (secondary N) is 2. The number of nitrogens with zero attached hydrogens (tertiary/aromatic N) is 5. The quantitative estimate of drug-likeness (QED) is 0.357. The summed E-state index contributed by atoms with van der Waals surface area (Å²) in [6, 6.07) is 11.4. The van der Waals surface area contributed by atoms with Crippen molar-refractivity contribution in [3.8, 4) is 5.75 Å². The van der Waals surface area contributed by atoms with E-state index in [4.69, 9.17) is 9.47 Å². The van der Waals surface area contributed by atoms with Gasteiger partial charge in [-0.15, -0.1) is 0 Å². The standard InChI is InChI=1S/C32H37N7O5/c1-21-17-25-26(33-19-24-5-3-11-39(24)32(25)42)18-27(21)44-14-4-6-29(40)35-28-20-37(2)30(36-28)31(41)34-22-7-9-23(10-8-22)38-12-15-43-16-13-38/h7-10,17-20,24H,3-6,11-16H2,1-2H3,(H,34,41)(H,35,40)/t24-/m0/s1. The average molecular weight is 600 g/mol. The van der Waals surface area contributed by atoms with Gasteiger partial charge in [0.05, 0.1) is 37.1 Å². The molecular formula is C32H37N7O5. The van der Waals surface area contributed by atoms with Gasteiger partial charge in [-0.1, -0.05) is 0 Å². The predicted molar refractivity (Wildman–Crippen MR) is 167 cm³/mol. The Morgan fingerprint density at radius 3 is 2.68 bits per heavy atom. The third kappa shape index (κ3) is 6.45. The first kappa shape index (κ1) is 29.4. The number of carbonyl (C=O) groups is 3. The number of amides is 3. The summed E-state index contributed by atoms with van der Waals surface area (Å²) in [5.74, 6) is 0.541. The Kier molecular flexibility index (Phi) is 8.60. The molecule has 12 nitrogen and oxygen atoms in total. The number of imidazole rings is 1. The maximum Gasteiger partial charge on any atom is 0.291 e. The number of aromatic nitrogens is 2. The van der Waals surface area contributed by atoms with Crippen molar-refractivity contribution >= 4 is 46.8 Å². The van der Waals surface area contributed by atoms with Crippen LogP contribution in [0, 0.1) is 6.92 Å². The average Bonchev–Trinajstić information content (AvgIpc) is 3.62. The van der Waals surface area contributed by atoms with Crippen LogP contribution in [0.25, 0.3) is 0 Å². The third-order valence-electron chi connectivity index (χ3n) is 8.12. The van der Waals surface area contributed by atoms with Crippen LogP contribution in [-0.2, 0) is 16.6 Å². The first-order chi connectivity index (χ1) is 21.4. The van der Waals surface area contributed by atoms with Crippen LogP contribution >= 0.6 is 0 Å². The summed E-state index contributed by atoms with van der Waals surface area (Å²) < 4.78 is 13.0. The van der Waals surface area contributed by atoms with Crippen LogP contribution in [0.3, 0.4) is 0 Å². The van der Waals surface area contributed by atoms with Crippen molar-refractivity contribution in [2.24, 2.45) is 12.0 Å². The molecule has 3 aliphatic rings. The van der Waals surface area contributed by atoms with Crippen LogP contribution in [0.15, 0.2) is 47.6 Å². The van der Waals surface area contributed by atoms with Crippen LogP contribution in [-0.4, -0.2) is 83.9 Å². The fraction of sp³-hybridized carbons (Fsp3) is 0.406. The second kappa shape index (κ2) is 12.9. The van der Waals surface area contributed by atoms with E-state index in [1.807, 2.05) is 48.4 Å².